The molecule has 0 unspecified atom stereocenters. The largest absolute Gasteiger partial charge is 0.497 e. The van der Waals surface area contributed by atoms with Crippen molar-refractivity contribution in [3.8, 4) is 11.5 Å². The number of thioether (sulfide) groups is 1. The minimum atomic E-state index is -0.516. The van der Waals surface area contributed by atoms with Crippen molar-refractivity contribution < 1.29 is 23.9 Å². The van der Waals surface area contributed by atoms with Gasteiger partial charge in [-0.3, -0.25) is 19.3 Å². The summed E-state index contributed by atoms with van der Waals surface area (Å²) in [6.07, 6.45) is 1.57. The lowest BCUT2D eigenvalue weighted by molar-refractivity contribution is -0.127. The number of nitrogens with one attached hydrogen (secondary N) is 1. The van der Waals surface area contributed by atoms with Gasteiger partial charge in [0, 0.05) is 17.3 Å². The summed E-state index contributed by atoms with van der Waals surface area (Å²) in [5, 5.41) is 2.23. The number of amides is 3. The topological polar surface area (TPSA) is 84.9 Å². The molecule has 2 aromatic carbocycles. The third kappa shape index (κ3) is 4.65. The molecular weight excluding hydrogens is 404 g/mol. The molecule has 8 heteroatoms. The summed E-state index contributed by atoms with van der Waals surface area (Å²) >= 11 is 0.790. The Balaban J connectivity index is 1.73. The molecule has 2 aromatic rings. The molecule has 0 bridgehead atoms. The number of hydrogen-bond acceptors (Lipinski definition) is 6. The fourth-order valence-corrected chi connectivity index (χ4v) is 3.71. The van der Waals surface area contributed by atoms with Gasteiger partial charge in [0.1, 0.15) is 18.0 Å². The monoisotopic (exact) mass is 426 g/mol. The summed E-state index contributed by atoms with van der Waals surface area (Å²) in [6.45, 7) is 3.57. The molecule has 1 fully saturated rings. The number of hydrogen-bond donors (Lipinski definition) is 1. The summed E-state index contributed by atoms with van der Waals surface area (Å²) in [6, 6.07) is 10.7. The van der Waals surface area contributed by atoms with Gasteiger partial charge in [-0.2, -0.15) is 0 Å². The molecule has 0 aromatic heterocycles. The lowest BCUT2D eigenvalue weighted by Gasteiger charge is -2.13. The smallest absolute Gasteiger partial charge is 0.294 e. The van der Waals surface area contributed by atoms with Gasteiger partial charge in [0.2, 0.25) is 5.91 Å². The highest BCUT2D eigenvalue weighted by Gasteiger charge is 2.36. The highest BCUT2D eigenvalue weighted by molar-refractivity contribution is 8.18. The van der Waals surface area contributed by atoms with Crippen LogP contribution in [0.15, 0.2) is 41.3 Å². The maximum atomic E-state index is 12.7. The van der Waals surface area contributed by atoms with Crippen molar-refractivity contribution in [2.75, 3.05) is 26.1 Å². The van der Waals surface area contributed by atoms with E-state index in [2.05, 4.69) is 5.32 Å². The van der Waals surface area contributed by atoms with Crippen molar-refractivity contribution in [1.29, 1.82) is 0 Å². The summed E-state index contributed by atoms with van der Waals surface area (Å²) < 4.78 is 10.5. The van der Waals surface area contributed by atoms with E-state index < -0.39 is 17.1 Å². The molecular formula is C22H22N2O5S. The average Bonchev–Trinajstić information content (AvgIpc) is 2.98. The fraction of sp³-hybridized carbons (Fsp3) is 0.227. The van der Waals surface area contributed by atoms with Crippen LogP contribution in [0.2, 0.25) is 0 Å². The van der Waals surface area contributed by atoms with Crippen LogP contribution in [0.25, 0.3) is 6.08 Å². The van der Waals surface area contributed by atoms with E-state index in [-0.39, 0.29) is 11.4 Å². The Morgan fingerprint density at radius 2 is 1.83 bits per heavy atom. The molecule has 0 radical (unpaired) electrons. The number of anilines is 1. The van der Waals surface area contributed by atoms with Gasteiger partial charge >= 0.3 is 0 Å². The zero-order valence-electron chi connectivity index (χ0n) is 17.1. The van der Waals surface area contributed by atoms with Crippen LogP contribution in [0.3, 0.4) is 0 Å². The second-order valence-electron chi connectivity index (χ2n) is 6.72. The average molecular weight is 426 g/mol. The molecule has 0 saturated carbocycles. The van der Waals surface area contributed by atoms with Crippen LogP contribution in [0.4, 0.5) is 10.5 Å². The van der Waals surface area contributed by atoms with E-state index in [0.717, 1.165) is 27.8 Å². The minimum absolute atomic E-state index is 0.224. The number of rotatable bonds is 6. The van der Waals surface area contributed by atoms with Gasteiger partial charge in [0.25, 0.3) is 11.1 Å². The molecule has 3 rings (SSSR count). The molecule has 156 valence electrons. The van der Waals surface area contributed by atoms with Gasteiger partial charge in [-0.05, 0) is 67.1 Å². The first kappa shape index (κ1) is 21.4. The number of carbonyl (C=O) groups is 3. The first-order valence-electron chi connectivity index (χ1n) is 9.17. The van der Waals surface area contributed by atoms with Crippen LogP contribution >= 0.6 is 11.8 Å². The summed E-state index contributed by atoms with van der Waals surface area (Å²) in [5.74, 6) is 0.163. The number of benzene rings is 2. The normalized spacial score (nSPS) is 14.9. The maximum absolute atomic E-state index is 12.7. The highest BCUT2D eigenvalue weighted by Crippen LogP contribution is 2.35. The Morgan fingerprint density at radius 1 is 1.07 bits per heavy atom. The predicted molar refractivity (Wildman–Crippen MR) is 117 cm³/mol. The van der Waals surface area contributed by atoms with Crippen molar-refractivity contribution in [2.24, 2.45) is 0 Å². The van der Waals surface area contributed by atoms with Crippen molar-refractivity contribution >= 4 is 40.6 Å². The SMILES string of the molecule is COc1ccc(/C=C2/SC(=O)N(CC(=O)Nc3ccc(C)c(C)c3)C2=O)c(OC)c1. The molecule has 0 atom stereocenters. The van der Waals surface area contributed by atoms with E-state index in [1.54, 1.807) is 37.5 Å². The van der Waals surface area contributed by atoms with Crippen LogP contribution < -0.4 is 14.8 Å². The van der Waals surface area contributed by atoms with Gasteiger partial charge in [0.15, 0.2) is 0 Å². The first-order valence-corrected chi connectivity index (χ1v) is 9.98. The lowest BCUT2D eigenvalue weighted by atomic mass is 10.1. The van der Waals surface area contributed by atoms with Gasteiger partial charge in [0.05, 0.1) is 19.1 Å². The second-order valence-corrected chi connectivity index (χ2v) is 7.72. The number of nitrogens with zero attached hydrogens (tertiary/aromatic N) is 1. The third-order valence-electron chi connectivity index (χ3n) is 4.69. The summed E-state index contributed by atoms with van der Waals surface area (Å²) in [5.41, 5.74) is 3.39. The summed E-state index contributed by atoms with van der Waals surface area (Å²) in [7, 11) is 3.05. The van der Waals surface area contributed by atoms with Crippen LogP contribution in [-0.4, -0.2) is 42.7 Å². The predicted octanol–water partition coefficient (Wildman–Crippen LogP) is 4.00. The zero-order chi connectivity index (χ0) is 21.8. The Morgan fingerprint density at radius 3 is 2.50 bits per heavy atom. The molecule has 30 heavy (non-hydrogen) atoms. The Labute approximate surface area is 179 Å². The number of methoxy groups -OCH3 is 2. The van der Waals surface area contributed by atoms with Gasteiger partial charge in [-0.25, -0.2) is 0 Å². The number of ether oxygens (including phenoxy) is 2. The van der Waals surface area contributed by atoms with E-state index in [1.165, 1.54) is 7.11 Å². The van der Waals surface area contributed by atoms with Crippen molar-refractivity contribution in [1.82, 2.24) is 4.90 Å². The van der Waals surface area contributed by atoms with E-state index in [4.69, 9.17) is 9.47 Å². The van der Waals surface area contributed by atoms with Crippen LogP contribution in [0.1, 0.15) is 16.7 Å². The van der Waals surface area contributed by atoms with E-state index in [0.29, 0.717) is 22.7 Å². The standard InChI is InChI=1S/C22H22N2O5S/c1-13-5-7-16(9-14(13)2)23-20(25)12-24-21(26)19(30-22(24)27)10-15-6-8-17(28-3)11-18(15)29-4/h5-11H,12H2,1-4H3,(H,23,25)/b19-10+. The molecule has 1 N–H and O–H groups in total. The Kier molecular flexibility index (Phi) is 6.47. The third-order valence-corrected chi connectivity index (χ3v) is 5.60. The molecule has 1 aliphatic heterocycles. The fourth-order valence-electron chi connectivity index (χ4n) is 2.88. The molecule has 3 amide bonds. The van der Waals surface area contributed by atoms with Crippen molar-refractivity contribution in [3.63, 3.8) is 0 Å². The second kappa shape index (κ2) is 9.04. The molecule has 1 heterocycles. The highest BCUT2D eigenvalue weighted by atomic mass is 32.2. The van der Waals surface area contributed by atoms with Gasteiger partial charge in [-0.1, -0.05) is 6.07 Å². The first-order chi connectivity index (χ1) is 14.3. The van der Waals surface area contributed by atoms with E-state index in [1.807, 2.05) is 26.0 Å². The van der Waals surface area contributed by atoms with Crippen LogP contribution in [0.5, 0.6) is 11.5 Å². The number of carbonyl (C=O) groups excluding carboxylic acids is 3. The van der Waals surface area contributed by atoms with Crippen molar-refractivity contribution in [2.45, 2.75) is 13.8 Å². The molecule has 0 aliphatic carbocycles. The quantitative estimate of drug-likeness (QED) is 0.703. The number of imide groups is 1. The van der Waals surface area contributed by atoms with Gasteiger partial charge < -0.3 is 14.8 Å². The molecule has 7 nitrogen and oxygen atoms in total. The van der Waals surface area contributed by atoms with E-state index in [9.17, 15) is 14.4 Å². The molecule has 1 aliphatic rings. The Hall–Kier alpha value is -3.26. The van der Waals surface area contributed by atoms with Gasteiger partial charge in [-0.15, -0.1) is 0 Å². The maximum Gasteiger partial charge on any atom is 0.294 e. The van der Waals surface area contributed by atoms with Crippen molar-refractivity contribution in [3.05, 3.63) is 58.0 Å². The minimum Gasteiger partial charge on any atom is -0.497 e. The molecule has 1 saturated heterocycles. The van der Waals surface area contributed by atoms with E-state index >= 15 is 0 Å². The lowest BCUT2D eigenvalue weighted by Crippen LogP contribution is -2.36. The van der Waals surface area contributed by atoms with Crippen LogP contribution in [-0.2, 0) is 9.59 Å². The number of aryl methyl sites for hydroxylation is 2. The summed E-state index contributed by atoms with van der Waals surface area (Å²) in [4.78, 5) is 38.6. The molecule has 0 spiro atoms. The van der Waals surface area contributed by atoms with Crippen LogP contribution in [0, 0.1) is 13.8 Å². The zero-order valence-corrected chi connectivity index (χ0v) is 18.0. The Bertz CT molecular complexity index is 1050.